The van der Waals surface area contributed by atoms with Gasteiger partial charge in [-0.1, -0.05) is 24.2 Å². The lowest BCUT2D eigenvalue weighted by Gasteiger charge is -2.07. The molecule has 0 aliphatic carbocycles. The Morgan fingerprint density at radius 1 is 1.18 bits per heavy atom. The van der Waals surface area contributed by atoms with Gasteiger partial charge < -0.3 is 10.1 Å². The van der Waals surface area contributed by atoms with Crippen molar-refractivity contribution in [3.63, 3.8) is 0 Å². The third kappa shape index (κ3) is 3.62. The third-order valence-electron chi connectivity index (χ3n) is 3.85. The maximum absolute atomic E-state index is 12.4. The molecule has 0 atom stereocenters. The van der Waals surface area contributed by atoms with Gasteiger partial charge in [0.25, 0.3) is 0 Å². The van der Waals surface area contributed by atoms with E-state index < -0.39 is 6.36 Å². The van der Waals surface area contributed by atoms with Crippen LogP contribution in [0.2, 0.25) is 0 Å². The highest BCUT2D eigenvalue weighted by Gasteiger charge is 2.31. The summed E-state index contributed by atoms with van der Waals surface area (Å²) in [5, 5.41) is 3.43. The molecular weight excluding hydrogens is 413 g/mol. The van der Waals surface area contributed by atoms with Crippen LogP contribution in [-0.2, 0) is 0 Å². The Morgan fingerprint density at radius 2 is 1.96 bits per heavy atom. The molecule has 0 spiro atoms. The van der Waals surface area contributed by atoms with E-state index in [4.69, 9.17) is 0 Å². The number of anilines is 2. The van der Waals surface area contributed by atoms with Crippen molar-refractivity contribution in [2.75, 3.05) is 5.32 Å². The van der Waals surface area contributed by atoms with Gasteiger partial charge in [0, 0.05) is 11.6 Å². The zero-order chi connectivity index (χ0) is 20.1. The normalized spacial score (nSPS) is 11.9. The molecule has 0 aliphatic rings. The number of nitrogens with zero attached hydrogens (tertiary/aromatic N) is 3. The smallest absolute Gasteiger partial charge is 0.406 e. The van der Waals surface area contributed by atoms with Crippen molar-refractivity contribution in [1.29, 1.82) is 0 Å². The van der Waals surface area contributed by atoms with E-state index >= 15 is 0 Å². The van der Waals surface area contributed by atoms with Crippen LogP contribution in [0.15, 0.2) is 36.4 Å². The average Bonchev–Trinajstić information content (AvgIpc) is 3.13. The van der Waals surface area contributed by atoms with E-state index in [0.29, 0.717) is 37.9 Å². The second-order valence-corrected chi connectivity index (χ2v) is 7.26. The second-order valence-electron chi connectivity index (χ2n) is 5.83. The number of fused-ring (bicyclic) bond motifs is 2. The monoisotopic (exact) mass is 424 g/mol. The Labute approximate surface area is 165 Å². The minimum atomic E-state index is -4.75. The predicted octanol–water partition coefficient (Wildman–Crippen LogP) is 5.18. The van der Waals surface area contributed by atoms with Gasteiger partial charge >= 0.3 is 6.36 Å². The number of Topliss-reactive ketones (excluding diaryl/α,β-unsaturated/α-hetero) is 1. The molecule has 2 aromatic carbocycles. The first-order chi connectivity index (χ1) is 13.2. The standard InChI is InChI=1S/C17H11F3N4O2S2/c1-8(25)9-2-5-13-12(6-9)21-15(24(13)27)23-16-22-11-4-3-10(7-14(11)28-16)26-17(18,19)20/h2-7,27H,1H3,(H,21,22,23). The molecule has 0 radical (unpaired) electrons. The fourth-order valence-electron chi connectivity index (χ4n) is 2.62. The number of ketones is 1. The van der Waals surface area contributed by atoms with E-state index in [-0.39, 0.29) is 11.5 Å². The van der Waals surface area contributed by atoms with Crippen LogP contribution < -0.4 is 10.1 Å². The number of carbonyl (C=O) groups is 1. The number of thiazole rings is 1. The van der Waals surface area contributed by atoms with Gasteiger partial charge in [0.05, 0.1) is 21.3 Å². The highest BCUT2D eigenvalue weighted by atomic mass is 32.1. The Kier molecular flexibility index (Phi) is 4.42. The van der Waals surface area contributed by atoms with Crippen LogP contribution in [0.4, 0.5) is 24.3 Å². The molecule has 0 amide bonds. The first-order valence-electron chi connectivity index (χ1n) is 7.86. The number of benzene rings is 2. The van der Waals surface area contributed by atoms with E-state index in [1.807, 2.05) is 0 Å². The van der Waals surface area contributed by atoms with Crippen molar-refractivity contribution in [2.24, 2.45) is 0 Å². The van der Waals surface area contributed by atoms with E-state index in [2.05, 4.69) is 32.8 Å². The highest BCUT2D eigenvalue weighted by Crippen LogP contribution is 2.33. The summed E-state index contributed by atoms with van der Waals surface area (Å²) < 4.78 is 43.1. The van der Waals surface area contributed by atoms with Crippen molar-refractivity contribution in [3.8, 4) is 5.75 Å². The molecule has 144 valence electrons. The molecule has 0 saturated heterocycles. The predicted molar refractivity (Wildman–Crippen MR) is 104 cm³/mol. The van der Waals surface area contributed by atoms with Crippen LogP contribution in [0, 0.1) is 0 Å². The molecule has 0 aliphatic heterocycles. The minimum absolute atomic E-state index is 0.0758. The van der Waals surface area contributed by atoms with Crippen molar-refractivity contribution in [3.05, 3.63) is 42.0 Å². The van der Waals surface area contributed by atoms with E-state index in [9.17, 15) is 18.0 Å². The first-order valence-corrected chi connectivity index (χ1v) is 9.07. The van der Waals surface area contributed by atoms with Crippen molar-refractivity contribution < 1.29 is 22.7 Å². The summed E-state index contributed by atoms with van der Waals surface area (Å²) >= 11 is 5.54. The number of alkyl halides is 3. The molecular formula is C17H11F3N4O2S2. The first kappa shape index (κ1) is 18.6. The van der Waals surface area contributed by atoms with Crippen LogP contribution >= 0.6 is 24.2 Å². The maximum atomic E-state index is 12.4. The molecule has 6 nitrogen and oxygen atoms in total. The average molecular weight is 424 g/mol. The van der Waals surface area contributed by atoms with Gasteiger partial charge in [-0.15, -0.1) is 13.2 Å². The van der Waals surface area contributed by atoms with Crippen LogP contribution in [0.25, 0.3) is 21.3 Å². The van der Waals surface area contributed by atoms with Gasteiger partial charge in [-0.2, -0.15) is 0 Å². The summed E-state index contributed by atoms with van der Waals surface area (Å²) in [5.74, 6) is -0.0218. The number of imidazole rings is 1. The fraction of sp³-hybridized carbons (Fsp3) is 0.118. The lowest BCUT2D eigenvalue weighted by Crippen LogP contribution is -2.16. The fourth-order valence-corrected chi connectivity index (χ4v) is 3.77. The van der Waals surface area contributed by atoms with Gasteiger partial charge in [-0.3, -0.25) is 8.77 Å². The quantitative estimate of drug-likeness (QED) is 0.349. The molecule has 0 bridgehead atoms. The van der Waals surface area contributed by atoms with Crippen molar-refractivity contribution in [2.45, 2.75) is 13.3 Å². The van der Waals surface area contributed by atoms with Crippen molar-refractivity contribution >= 4 is 62.3 Å². The number of hydrogen-bond donors (Lipinski definition) is 2. The summed E-state index contributed by atoms with van der Waals surface area (Å²) in [4.78, 5) is 20.3. The van der Waals surface area contributed by atoms with Gasteiger partial charge in [-0.25, -0.2) is 9.97 Å². The summed E-state index contributed by atoms with van der Waals surface area (Å²) in [5.41, 5.74) is 2.32. The number of thiol groups is 1. The zero-order valence-corrected chi connectivity index (χ0v) is 15.8. The molecule has 11 heteroatoms. The second kappa shape index (κ2) is 6.67. The zero-order valence-electron chi connectivity index (χ0n) is 14.1. The number of carbonyl (C=O) groups excluding carboxylic acids is 1. The number of nitrogens with one attached hydrogen (secondary N) is 1. The number of hydrogen-bond acceptors (Lipinski definition) is 7. The molecule has 0 unspecified atom stereocenters. The lowest BCUT2D eigenvalue weighted by molar-refractivity contribution is -0.274. The Hall–Kier alpha value is -2.79. The molecule has 0 saturated carbocycles. The lowest BCUT2D eigenvalue weighted by atomic mass is 10.1. The van der Waals surface area contributed by atoms with Crippen LogP contribution in [0.5, 0.6) is 5.75 Å². The van der Waals surface area contributed by atoms with Gasteiger partial charge in [-0.05, 0) is 37.3 Å². The molecule has 1 N–H and O–H groups in total. The number of ether oxygens (including phenoxy) is 1. The minimum Gasteiger partial charge on any atom is -0.406 e. The van der Waals surface area contributed by atoms with Gasteiger partial charge in [0.1, 0.15) is 5.75 Å². The molecule has 28 heavy (non-hydrogen) atoms. The third-order valence-corrected chi connectivity index (χ3v) is 5.19. The van der Waals surface area contributed by atoms with Gasteiger partial charge in [0.15, 0.2) is 10.9 Å². The van der Waals surface area contributed by atoms with E-state index in [1.165, 1.54) is 29.1 Å². The SMILES string of the molecule is CC(=O)c1ccc2c(c1)nc(Nc1nc3ccc(OC(F)(F)F)cc3s1)n2S. The Balaban J connectivity index is 1.66. The van der Waals surface area contributed by atoms with E-state index in [0.717, 1.165) is 11.3 Å². The van der Waals surface area contributed by atoms with Crippen LogP contribution in [-0.4, -0.2) is 26.1 Å². The topological polar surface area (TPSA) is 69.0 Å². The molecule has 2 aromatic heterocycles. The summed E-state index contributed by atoms with van der Waals surface area (Å²) in [6.07, 6.45) is -4.75. The Bertz CT molecular complexity index is 1220. The highest BCUT2D eigenvalue weighted by molar-refractivity contribution is 7.79. The van der Waals surface area contributed by atoms with Crippen LogP contribution in [0.3, 0.4) is 0 Å². The summed E-state index contributed by atoms with van der Waals surface area (Å²) in [7, 11) is 0. The molecule has 4 rings (SSSR count). The summed E-state index contributed by atoms with van der Waals surface area (Å²) in [6, 6.07) is 9.00. The maximum Gasteiger partial charge on any atom is 0.573 e. The molecule has 2 heterocycles. The number of halogens is 3. The molecule has 0 fully saturated rings. The van der Waals surface area contributed by atoms with E-state index in [1.54, 1.807) is 18.2 Å². The Morgan fingerprint density at radius 3 is 2.68 bits per heavy atom. The number of rotatable bonds is 4. The largest absolute Gasteiger partial charge is 0.573 e. The number of aromatic nitrogens is 3. The van der Waals surface area contributed by atoms with Gasteiger partial charge in [0.2, 0.25) is 5.95 Å². The summed E-state index contributed by atoms with van der Waals surface area (Å²) in [6.45, 7) is 1.47. The van der Waals surface area contributed by atoms with Crippen LogP contribution in [0.1, 0.15) is 17.3 Å². The molecule has 4 aromatic rings. The van der Waals surface area contributed by atoms with Crippen molar-refractivity contribution in [1.82, 2.24) is 13.9 Å².